The summed E-state index contributed by atoms with van der Waals surface area (Å²) in [6.45, 7) is 5.20. The van der Waals surface area contributed by atoms with Crippen LogP contribution >= 0.6 is 48.0 Å². The molecule has 0 saturated carbocycles. The molecule has 3 heterocycles. The number of benzene rings is 4. The Morgan fingerprint density at radius 2 is 1.64 bits per heavy atom. The fourth-order valence-electron chi connectivity index (χ4n) is 6.62. The van der Waals surface area contributed by atoms with Crippen LogP contribution in [-0.2, 0) is 40.3 Å². The molecule has 9 nitrogen and oxygen atoms in total. The van der Waals surface area contributed by atoms with Gasteiger partial charge in [-0.05, 0) is 107 Å². The molecule has 7 rings (SSSR count). The molecule has 55 heavy (non-hydrogen) atoms. The quantitative estimate of drug-likeness (QED) is 0.135. The number of hydrogen-bond donors (Lipinski definition) is 2. The number of aryl methyl sites for hydroxylation is 1. The number of rotatable bonds is 10. The topological polar surface area (TPSA) is 108 Å². The fraction of sp³-hybridized carbons (Fsp3) is 0.262. The van der Waals surface area contributed by atoms with Gasteiger partial charge >= 0.3 is 5.97 Å². The number of methoxy groups -OCH3 is 1. The number of pyridine rings is 1. The van der Waals surface area contributed by atoms with Crippen LogP contribution < -0.4 is 24.8 Å². The molecule has 3 atom stereocenters. The van der Waals surface area contributed by atoms with E-state index >= 15 is 0 Å². The Balaban J connectivity index is 0.00000290. The molecule has 0 fully saturated rings. The Bertz CT molecular complexity index is 2150. The van der Waals surface area contributed by atoms with E-state index in [1.54, 1.807) is 18.3 Å². The Morgan fingerprint density at radius 3 is 2.36 bits per heavy atom. The van der Waals surface area contributed by atoms with Crippen LogP contribution in [0.4, 0.5) is 0 Å². The summed E-state index contributed by atoms with van der Waals surface area (Å²) in [5.74, 6) is 1.23. The van der Waals surface area contributed by atoms with E-state index in [-0.39, 0.29) is 36.8 Å². The van der Waals surface area contributed by atoms with Crippen molar-refractivity contribution in [3.05, 3.63) is 140 Å². The highest BCUT2D eigenvalue weighted by molar-refractivity contribution is 6.42. The highest BCUT2D eigenvalue weighted by Crippen LogP contribution is 2.40. The summed E-state index contributed by atoms with van der Waals surface area (Å²) in [4.78, 5) is 30.7. The van der Waals surface area contributed by atoms with Crippen LogP contribution in [-0.4, -0.2) is 42.7 Å². The van der Waals surface area contributed by atoms with Gasteiger partial charge in [0.25, 0.3) is 0 Å². The van der Waals surface area contributed by atoms with Crippen LogP contribution in [0.15, 0.2) is 91.1 Å². The Labute approximate surface area is 342 Å². The van der Waals surface area contributed by atoms with E-state index in [0.717, 1.165) is 50.2 Å². The van der Waals surface area contributed by atoms with Crippen molar-refractivity contribution >= 4 is 59.9 Å². The van der Waals surface area contributed by atoms with Crippen LogP contribution in [0.2, 0.25) is 10.0 Å². The number of halogens is 4. The summed E-state index contributed by atoms with van der Waals surface area (Å²) < 4.78 is 23.6. The fourth-order valence-corrected chi connectivity index (χ4v) is 6.94. The van der Waals surface area contributed by atoms with Crippen LogP contribution in [0.25, 0.3) is 11.1 Å². The molecule has 0 aliphatic carbocycles. The van der Waals surface area contributed by atoms with Gasteiger partial charge in [-0.15, -0.1) is 24.8 Å². The largest absolute Gasteiger partial charge is 0.489 e. The number of fused-ring (bicyclic) bond motifs is 2. The van der Waals surface area contributed by atoms with Gasteiger partial charge in [-0.3, -0.25) is 9.78 Å². The smallest absolute Gasteiger partial charge is 0.328 e. The molecule has 1 amide bonds. The van der Waals surface area contributed by atoms with E-state index in [4.69, 9.17) is 42.1 Å². The third-order valence-electron chi connectivity index (χ3n) is 9.81. The zero-order valence-electron chi connectivity index (χ0n) is 30.4. The lowest BCUT2D eigenvalue weighted by Gasteiger charge is -2.31. The zero-order valence-corrected chi connectivity index (χ0v) is 33.5. The summed E-state index contributed by atoms with van der Waals surface area (Å²) >= 11 is 12.1. The molecule has 0 radical (unpaired) electrons. The van der Waals surface area contributed by atoms with Crippen LogP contribution in [0.3, 0.4) is 0 Å². The van der Waals surface area contributed by atoms with Gasteiger partial charge in [-0.2, -0.15) is 0 Å². The lowest BCUT2D eigenvalue weighted by atomic mass is 9.94. The molecule has 2 aliphatic heterocycles. The van der Waals surface area contributed by atoms with Gasteiger partial charge < -0.3 is 29.6 Å². The van der Waals surface area contributed by atoms with Crippen molar-refractivity contribution in [1.82, 2.24) is 15.6 Å². The van der Waals surface area contributed by atoms with Gasteiger partial charge in [-0.25, -0.2) is 4.79 Å². The van der Waals surface area contributed by atoms with E-state index in [1.807, 2.05) is 79.7 Å². The summed E-state index contributed by atoms with van der Waals surface area (Å²) in [6, 6.07) is 25.7. The molecular weight excluding hydrogens is 784 g/mol. The molecule has 1 unspecified atom stereocenters. The Kier molecular flexibility index (Phi) is 13.9. The van der Waals surface area contributed by atoms with Crippen molar-refractivity contribution in [2.24, 2.45) is 0 Å². The first-order chi connectivity index (χ1) is 25.6. The molecule has 0 saturated heterocycles. The number of esters is 1. The third kappa shape index (κ3) is 9.66. The lowest BCUT2D eigenvalue weighted by Crippen LogP contribution is -2.53. The van der Waals surface area contributed by atoms with Crippen molar-refractivity contribution < 1.29 is 28.5 Å². The van der Waals surface area contributed by atoms with Crippen LogP contribution in [0.5, 0.6) is 17.2 Å². The number of hydrogen-bond acceptors (Lipinski definition) is 8. The maximum Gasteiger partial charge on any atom is 0.328 e. The highest BCUT2D eigenvalue weighted by atomic mass is 35.5. The average molecular weight is 826 g/mol. The molecule has 13 heteroatoms. The number of ether oxygens (including phenoxy) is 4. The van der Waals surface area contributed by atoms with Crippen molar-refractivity contribution in [2.75, 3.05) is 13.7 Å². The van der Waals surface area contributed by atoms with E-state index in [9.17, 15) is 9.59 Å². The molecule has 5 aromatic rings. The first kappa shape index (κ1) is 41.6. The minimum atomic E-state index is -0.841. The summed E-state index contributed by atoms with van der Waals surface area (Å²) in [6.07, 6.45) is 2.23. The summed E-state index contributed by atoms with van der Waals surface area (Å²) in [5.41, 5.74) is 9.06. The van der Waals surface area contributed by atoms with E-state index in [0.29, 0.717) is 59.9 Å². The van der Waals surface area contributed by atoms with Crippen molar-refractivity contribution in [2.45, 2.75) is 58.0 Å². The number of carbonyl (C=O) groups excluding carboxylic acids is 2. The number of nitrogens with zero attached hydrogens (tertiary/aromatic N) is 1. The lowest BCUT2D eigenvalue weighted by molar-refractivity contribution is -0.145. The van der Waals surface area contributed by atoms with E-state index < -0.39 is 18.1 Å². The second kappa shape index (κ2) is 18.4. The van der Waals surface area contributed by atoms with Gasteiger partial charge in [0, 0.05) is 24.9 Å². The number of nitrogens with one attached hydrogen (secondary N) is 2. The number of amides is 1. The zero-order chi connectivity index (χ0) is 37.1. The molecule has 0 spiro atoms. The monoisotopic (exact) mass is 823 g/mol. The first-order valence-electron chi connectivity index (χ1n) is 17.4. The van der Waals surface area contributed by atoms with Gasteiger partial charge in [-0.1, -0.05) is 65.7 Å². The normalized spacial score (nSPS) is 16.0. The standard InChI is InChI=1S/C42H39Cl2N3O6.2ClH/c1-24-25(2)45-15-14-33(24)28-7-4-26(5-8-28)17-37(42(49)50-3)47-41(48)36-18-30-19-38-39(20-31(30)21-46-36)53-40(23-52-38)29-9-11-32(12-10-29)51-22-27-6-13-34(43)35(44)16-27;;/h4-16,19-20,36-37,40,46H,17-18,21-23H2,1-3H3,(H,47,48);2*1H/t36-,37?,40+;;/m0../s1. The SMILES string of the molecule is COC(=O)C(Cc1ccc(-c2ccnc(C)c2C)cc1)NC(=O)[C@@H]1Cc2cc3c(cc2CN1)O[C@@H](c1ccc(OCc2ccc(Cl)c(Cl)c2)cc1)CO3.Cl.Cl. The molecule has 4 aromatic carbocycles. The second-order valence-corrected chi connectivity index (χ2v) is 14.1. The minimum Gasteiger partial charge on any atom is -0.489 e. The maximum absolute atomic E-state index is 13.5. The molecule has 288 valence electrons. The van der Waals surface area contributed by atoms with Crippen LogP contribution in [0, 0.1) is 13.8 Å². The summed E-state index contributed by atoms with van der Waals surface area (Å²) in [5, 5.41) is 7.26. The molecule has 2 aliphatic rings. The molecule has 1 aromatic heterocycles. The van der Waals surface area contributed by atoms with Crippen molar-refractivity contribution in [3.8, 4) is 28.4 Å². The Hall–Kier alpha value is -4.51. The molecule has 0 bridgehead atoms. The molecule has 2 N–H and O–H groups in total. The second-order valence-electron chi connectivity index (χ2n) is 13.3. The van der Waals surface area contributed by atoms with E-state index in [2.05, 4.69) is 22.5 Å². The van der Waals surface area contributed by atoms with Gasteiger partial charge in [0.2, 0.25) is 5.91 Å². The van der Waals surface area contributed by atoms with Gasteiger partial charge in [0.05, 0.1) is 23.2 Å². The van der Waals surface area contributed by atoms with Gasteiger partial charge in [0.15, 0.2) is 17.6 Å². The predicted molar refractivity (Wildman–Crippen MR) is 218 cm³/mol. The van der Waals surface area contributed by atoms with Crippen molar-refractivity contribution in [1.29, 1.82) is 0 Å². The van der Waals surface area contributed by atoms with Gasteiger partial charge in [0.1, 0.15) is 25.0 Å². The third-order valence-corrected chi connectivity index (χ3v) is 10.5. The van der Waals surface area contributed by atoms with E-state index in [1.165, 1.54) is 7.11 Å². The van der Waals surface area contributed by atoms with Crippen molar-refractivity contribution in [3.63, 3.8) is 0 Å². The predicted octanol–water partition coefficient (Wildman–Crippen LogP) is 8.52. The first-order valence-corrected chi connectivity index (χ1v) is 18.2. The Morgan fingerprint density at radius 1 is 0.909 bits per heavy atom. The van der Waals surface area contributed by atoms with Crippen LogP contribution in [0.1, 0.15) is 45.2 Å². The average Bonchev–Trinajstić information content (AvgIpc) is 3.18. The highest BCUT2D eigenvalue weighted by Gasteiger charge is 2.31. The summed E-state index contributed by atoms with van der Waals surface area (Å²) in [7, 11) is 1.33. The maximum atomic E-state index is 13.5. The number of aromatic nitrogens is 1. The minimum absolute atomic E-state index is 0. The molecular formula is C42H41Cl4N3O6. The number of carbonyl (C=O) groups is 2.